The number of hydrogen-bond acceptors (Lipinski definition) is 4. The lowest BCUT2D eigenvalue weighted by Gasteiger charge is -2.30. The molecule has 0 saturated heterocycles. The first-order valence-electron chi connectivity index (χ1n) is 7.73. The van der Waals surface area contributed by atoms with Gasteiger partial charge in [-0.1, -0.05) is 12.1 Å². The number of halogens is 1. The first-order chi connectivity index (χ1) is 11.2. The third-order valence-corrected chi connectivity index (χ3v) is 3.27. The molecule has 0 aliphatic carbocycles. The summed E-state index contributed by atoms with van der Waals surface area (Å²) in [5, 5.41) is 2.26. The normalized spacial score (nSPS) is 10.6. The van der Waals surface area contributed by atoms with E-state index in [1.165, 1.54) is 18.2 Å². The summed E-state index contributed by atoms with van der Waals surface area (Å²) in [6, 6.07) is 5.40. The Kier molecular flexibility index (Phi) is 7.35. The number of esters is 1. The Labute approximate surface area is 141 Å². The van der Waals surface area contributed by atoms with Gasteiger partial charge in [-0.15, -0.1) is 0 Å². The molecule has 0 heterocycles. The van der Waals surface area contributed by atoms with Crippen molar-refractivity contribution in [2.24, 2.45) is 0 Å². The van der Waals surface area contributed by atoms with Crippen LogP contribution in [0.15, 0.2) is 24.3 Å². The average molecular weight is 338 g/mol. The van der Waals surface area contributed by atoms with Crippen LogP contribution in [0.5, 0.6) is 0 Å². The van der Waals surface area contributed by atoms with Gasteiger partial charge in [-0.2, -0.15) is 0 Å². The molecule has 0 aromatic heterocycles. The zero-order valence-corrected chi connectivity index (χ0v) is 14.3. The first-order valence-corrected chi connectivity index (χ1v) is 7.73. The van der Waals surface area contributed by atoms with E-state index in [0.29, 0.717) is 0 Å². The molecule has 6 nitrogen and oxygen atoms in total. The molecule has 24 heavy (non-hydrogen) atoms. The summed E-state index contributed by atoms with van der Waals surface area (Å²) in [5.74, 6) is -2.47. The standard InChI is InChI=1S/C17H23FN2O4/c1-11(2)20(12(3)4)15(21)10-24-16(22)9-19-17(23)13-7-5-6-8-14(13)18/h5-8,11-12H,9-10H2,1-4H3,(H,19,23). The van der Waals surface area contributed by atoms with Crippen molar-refractivity contribution in [1.29, 1.82) is 0 Å². The molecule has 1 aromatic carbocycles. The molecule has 0 saturated carbocycles. The number of nitrogens with zero attached hydrogens (tertiary/aromatic N) is 1. The van der Waals surface area contributed by atoms with Crippen LogP contribution in [0.25, 0.3) is 0 Å². The van der Waals surface area contributed by atoms with Gasteiger partial charge >= 0.3 is 5.97 Å². The van der Waals surface area contributed by atoms with Crippen molar-refractivity contribution in [2.45, 2.75) is 39.8 Å². The van der Waals surface area contributed by atoms with Crippen molar-refractivity contribution in [3.05, 3.63) is 35.6 Å². The Morgan fingerprint density at radius 1 is 1.12 bits per heavy atom. The minimum absolute atomic E-state index is 0.0167. The second-order valence-corrected chi connectivity index (χ2v) is 5.81. The van der Waals surface area contributed by atoms with Crippen LogP contribution in [0.1, 0.15) is 38.1 Å². The number of carbonyl (C=O) groups excluding carboxylic acids is 3. The molecule has 1 aromatic rings. The maximum atomic E-state index is 13.4. The number of ether oxygens (including phenoxy) is 1. The lowest BCUT2D eigenvalue weighted by molar-refractivity contribution is -0.152. The molecule has 0 radical (unpaired) electrons. The van der Waals surface area contributed by atoms with Gasteiger partial charge in [0.1, 0.15) is 12.4 Å². The van der Waals surface area contributed by atoms with E-state index >= 15 is 0 Å². The fourth-order valence-corrected chi connectivity index (χ4v) is 2.33. The fourth-order valence-electron chi connectivity index (χ4n) is 2.33. The highest BCUT2D eigenvalue weighted by Crippen LogP contribution is 2.06. The van der Waals surface area contributed by atoms with Crippen molar-refractivity contribution in [1.82, 2.24) is 10.2 Å². The van der Waals surface area contributed by atoms with E-state index in [1.54, 1.807) is 4.90 Å². The Bertz CT molecular complexity index is 594. The second kappa shape index (κ2) is 9.00. The largest absolute Gasteiger partial charge is 0.454 e. The van der Waals surface area contributed by atoms with Crippen LogP contribution in [0.4, 0.5) is 4.39 Å². The lowest BCUT2D eigenvalue weighted by Crippen LogP contribution is -2.44. The molecule has 7 heteroatoms. The minimum atomic E-state index is -0.763. The summed E-state index contributed by atoms with van der Waals surface area (Å²) in [7, 11) is 0. The zero-order chi connectivity index (χ0) is 18.3. The summed E-state index contributed by atoms with van der Waals surface area (Å²) in [5.41, 5.74) is -0.160. The average Bonchev–Trinajstić information content (AvgIpc) is 2.50. The van der Waals surface area contributed by atoms with Gasteiger partial charge < -0.3 is 15.0 Å². The Morgan fingerprint density at radius 3 is 2.25 bits per heavy atom. The second-order valence-electron chi connectivity index (χ2n) is 5.81. The molecule has 0 bridgehead atoms. The van der Waals surface area contributed by atoms with Gasteiger partial charge in [0.05, 0.1) is 5.56 Å². The van der Waals surface area contributed by atoms with E-state index in [-0.39, 0.29) is 23.6 Å². The third-order valence-electron chi connectivity index (χ3n) is 3.27. The van der Waals surface area contributed by atoms with Crippen molar-refractivity contribution < 1.29 is 23.5 Å². The Morgan fingerprint density at radius 2 is 1.71 bits per heavy atom. The smallest absolute Gasteiger partial charge is 0.325 e. The molecule has 132 valence electrons. The van der Waals surface area contributed by atoms with Crippen LogP contribution in [-0.2, 0) is 14.3 Å². The topological polar surface area (TPSA) is 75.7 Å². The highest BCUT2D eigenvalue weighted by Gasteiger charge is 2.21. The maximum absolute atomic E-state index is 13.4. The number of hydrogen-bond donors (Lipinski definition) is 1. The van der Waals surface area contributed by atoms with Crippen LogP contribution in [0.3, 0.4) is 0 Å². The van der Waals surface area contributed by atoms with Gasteiger partial charge in [0, 0.05) is 12.1 Å². The van der Waals surface area contributed by atoms with Gasteiger partial charge in [0.15, 0.2) is 6.61 Å². The van der Waals surface area contributed by atoms with E-state index in [0.717, 1.165) is 6.07 Å². The van der Waals surface area contributed by atoms with E-state index in [1.807, 2.05) is 27.7 Å². The number of benzene rings is 1. The summed E-state index contributed by atoms with van der Waals surface area (Å²) >= 11 is 0. The van der Waals surface area contributed by atoms with Crippen molar-refractivity contribution >= 4 is 17.8 Å². The first kappa shape index (κ1) is 19.6. The Balaban J connectivity index is 2.46. The minimum Gasteiger partial charge on any atom is -0.454 e. The number of carbonyl (C=O) groups is 3. The van der Waals surface area contributed by atoms with Gasteiger partial charge in [-0.25, -0.2) is 4.39 Å². The highest BCUT2D eigenvalue weighted by atomic mass is 19.1. The summed E-state index contributed by atoms with van der Waals surface area (Å²) in [4.78, 5) is 37.0. The zero-order valence-electron chi connectivity index (χ0n) is 14.3. The molecular weight excluding hydrogens is 315 g/mol. The SMILES string of the molecule is CC(C)N(C(=O)COC(=O)CNC(=O)c1ccccc1F)C(C)C. The predicted octanol–water partition coefficient (Wildman–Crippen LogP) is 1.74. The summed E-state index contributed by atoms with van der Waals surface area (Å²) in [6.45, 7) is 6.64. The monoisotopic (exact) mass is 338 g/mol. The summed E-state index contributed by atoms with van der Waals surface area (Å²) in [6.07, 6.45) is 0. The molecular formula is C17H23FN2O4. The third kappa shape index (κ3) is 5.64. The van der Waals surface area contributed by atoms with Gasteiger partial charge in [0.2, 0.25) is 0 Å². The fraction of sp³-hybridized carbons (Fsp3) is 0.471. The van der Waals surface area contributed by atoms with Gasteiger partial charge in [-0.3, -0.25) is 14.4 Å². The molecule has 0 unspecified atom stereocenters. The van der Waals surface area contributed by atoms with Crippen molar-refractivity contribution in [3.63, 3.8) is 0 Å². The van der Waals surface area contributed by atoms with Crippen LogP contribution in [0, 0.1) is 5.82 Å². The van der Waals surface area contributed by atoms with Gasteiger partial charge in [0.25, 0.3) is 11.8 Å². The lowest BCUT2D eigenvalue weighted by atomic mass is 10.2. The highest BCUT2D eigenvalue weighted by molar-refractivity contribution is 5.96. The molecule has 0 aliphatic rings. The van der Waals surface area contributed by atoms with E-state index in [4.69, 9.17) is 4.74 Å². The van der Waals surface area contributed by atoms with Crippen LogP contribution in [-0.4, -0.2) is 47.9 Å². The van der Waals surface area contributed by atoms with E-state index in [9.17, 15) is 18.8 Å². The quantitative estimate of drug-likeness (QED) is 0.769. The molecule has 1 N–H and O–H groups in total. The summed E-state index contributed by atoms with van der Waals surface area (Å²) < 4.78 is 18.3. The molecule has 1 rings (SSSR count). The number of amides is 2. The van der Waals surface area contributed by atoms with Crippen molar-refractivity contribution in [2.75, 3.05) is 13.2 Å². The number of nitrogens with one attached hydrogen (secondary N) is 1. The molecule has 0 fully saturated rings. The van der Waals surface area contributed by atoms with Crippen LogP contribution in [0.2, 0.25) is 0 Å². The molecule has 0 spiro atoms. The van der Waals surface area contributed by atoms with Gasteiger partial charge in [-0.05, 0) is 39.8 Å². The van der Waals surface area contributed by atoms with Crippen LogP contribution >= 0.6 is 0 Å². The Hall–Kier alpha value is -2.44. The molecule has 0 atom stereocenters. The number of rotatable bonds is 7. The maximum Gasteiger partial charge on any atom is 0.325 e. The van der Waals surface area contributed by atoms with E-state index < -0.39 is 30.8 Å². The predicted molar refractivity (Wildman–Crippen MR) is 86.8 cm³/mol. The molecule has 0 aliphatic heterocycles. The van der Waals surface area contributed by atoms with Crippen molar-refractivity contribution in [3.8, 4) is 0 Å². The van der Waals surface area contributed by atoms with E-state index in [2.05, 4.69) is 5.32 Å². The van der Waals surface area contributed by atoms with Crippen LogP contribution < -0.4 is 5.32 Å². The molecule has 2 amide bonds.